The van der Waals surface area contributed by atoms with E-state index in [1.165, 1.54) is 12.1 Å². The topological polar surface area (TPSA) is 50.4 Å². The highest BCUT2D eigenvalue weighted by Crippen LogP contribution is 2.27. The summed E-state index contributed by atoms with van der Waals surface area (Å²) in [4.78, 5) is 5.95. The molecule has 0 radical (unpaired) electrons. The molecule has 0 aliphatic carbocycles. The van der Waals surface area contributed by atoms with Crippen LogP contribution in [0.3, 0.4) is 0 Å². The van der Waals surface area contributed by atoms with Crippen molar-refractivity contribution in [2.75, 3.05) is 7.05 Å². The highest BCUT2D eigenvalue weighted by molar-refractivity contribution is 7.99. The quantitative estimate of drug-likeness (QED) is 0.672. The Kier molecular flexibility index (Phi) is 5.01. The molecule has 3 N–H and O–H groups in total. The van der Waals surface area contributed by atoms with Gasteiger partial charge >= 0.3 is 0 Å². The van der Waals surface area contributed by atoms with Crippen molar-refractivity contribution in [1.29, 1.82) is 0 Å². The molecular formula is C15H16FN3S. The van der Waals surface area contributed by atoms with Crippen LogP contribution < -0.4 is 11.1 Å². The molecule has 0 fully saturated rings. The summed E-state index contributed by atoms with van der Waals surface area (Å²) in [6.07, 6.45) is 0. The van der Waals surface area contributed by atoms with E-state index < -0.39 is 0 Å². The van der Waals surface area contributed by atoms with Gasteiger partial charge in [0.05, 0.1) is 0 Å². The number of benzene rings is 2. The van der Waals surface area contributed by atoms with E-state index >= 15 is 0 Å². The number of rotatable bonds is 4. The van der Waals surface area contributed by atoms with Crippen LogP contribution in [0.25, 0.3) is 0 Å². The van der Waals surface area contributed by atoms with Gasteiger partial charge in [-0.25, -0.2) is 4.39 Å². The van der Waals surface area contributed by atoms with E-state index in [1.54, 1.807) is 30.9 Å². The molecule has 104 valence electrons. The third kappa shape index (κ3) is 4.28. The van der Waals surface area contributed by atoms with Crippen LogP contribution in [0.2, 0.25) is 0 Å². The summed E-state index contributed by atoms with van der Waals surface area (Å²) in [7, 11) is 1.64. The van der Waals surface area contributed by atoms with Crippen molar-refractivity contribution < 1.29 is 4.39 Å². The Hall–Kier alpha value is -2.01. The van der Waals surface area contributed by atoms with E-state index in [0.717, 1.165) is 15.4 Å². The number of guanidine groups is 1. The number of nitrogens with two attached hydrogens (primary N) is 1. The number of halogens is 1. The van der Waals surface area contributed by atoms with Gasteiger partial charge in [0.25, 0.3) is 0 Å². The molecule has 5 heteroatoms. The van der Waals surface area contributed by atoms with Crippen molar-refractivity contribution in [1.82, 2.24) is 5.32 Å². The van der Waals surface area contributed by atoms with Gasteiger partial charge in [0.15, 0.2) is 5.96 Å². The van der Waals surface area contributed by atoms with Gasteiger partial charge in [0.2, 0.25) is 0 Å². The number of nitrogens with zero attached hydrogens (tertiary/aromatic N) is 1. The van der Waals surface area contributed by atoms with Gasteiger partial charge in [0.1, 0.15) is 5.82 Å². The first kappa shape index (κ1) is 14.4. The molecule has 2 aromatic carbocycles. The molecule has 0 aliphatic rings. The summed E-state index contributed by atoms with van der Waals surface area (Å²) in [6, 6.07) is 14.6. The molecule has 0 unspecified atom stereocenters. The molecule has 0 atom stereocenters. The maximum atomic E-state index is 12.8. The molecule has 3 nitrogen and oxygen atoms in total. The summed E-state index contributed by atoms with van der Waals surface area (Å²) in [5.74, 6) is 0.209. The lowest BCUT2D eigenvalue weighted by molar-refractivity contribution is 0.626. The van der Waals surface area contributed by atoms with Crippen LogP contribution >= 0.6 is 11.8 Å². The van der Waals surface area contributed by atoms with Crippen molar-refractivity contribution in [3.8, 4) is 0 Å². The second-order valence-electron chi connectivity index (χ2n) is 4.16. The van der Waals surface area contributed by atoms with Crippen LogP contribution in [0.5, 0.6) is 0 Å². The largest absolute Gasteiger partial charge is 0.370 e. The lowest BCUT2D eigenvalue weighted by Crippen LogP contribution is -2.30. The SMILES string of the molecule is CN=C(N)NCc1ccc(Sc2ccc(F)cc2)cc1. The molecular weight excluding hydrogens is 273 g/mol. The zero-order valence-electron chi connectivity index (χ0n) is 11.1. The minimum Gasteiger partial charge on any atom is -0.370 e. The fraction of sp³-hybridized carbons (Fsp3) is 0.133. The predicted molar refractivity (Wildman–Crippen MR) is 81.4 cm³/mol. The number of aliphatic imine (C=N–C) groups is 1. The molecule has 0 aliphatic heterocycles. The second kappa shape index (κ2) is 6.96. The Balaban J connectivity index is 1.96. The number of hydrogen-bond donors (Lipinski definition) is 2. The van der Waals surface area contributed by atoms with Crippen LogP contribution in [-0.4, -0.2) is 13.0 Å². The number of hydrogen-bond acceptors (Lipinski definition) is 2. The second-order valence-corrected chi connectivity index (χ2v) is 5.31. The molecule has 0 heterocycles. The lowest BCUT2D eigenvalue weighted by Gasteiger charge is -2.06. The van der Waals surface area contributed by atoms with Crippen LogP contribution in [0.4, 0.5) is 4.39 Å². The van der Waals surface area contributed by atoms with Gasteiger partial charge in [-0.1, -0.05) is 23.9 Å². The Morgan fingerprint density at radius 3 is 2.20 bits per heavy atom. The van der Waals surface area contributed by atoms with Gasteiger partial charge in [-0.15, -0.1) is 0 Å². The normalized spacial score (nSPS) is 11.4. The first-order valence-electron chi connectivity index (χ1n) is 6.16. The average Bonchev–Trinajstić information content (AvgIpc) is 2.48. The highest BCUT2D eigenvalue weighted by Gasteiger charge is 1.99. The summed E-state index contributed by atoms with van der Waals surface area (Å²) in [5.41, 5.74) is 6.69. The molecule has 0 spiro atoms. The summed E-state index contributed by atoms with van der Waals surface area (Å²) >= 11 is 1.60. The third-order valence-electron chi connectivity index (χ3n) is 2.69. The van der Waals surface area contributed by atoms with E-state index in [2.05, 4.69) is 10.3 Å². The Morgan fingerprint density at radius 2 is 1.65 bits per heavy atom. The summed E-state index contributed by atoms with van der Waals surface area (Å²) in [6.45, 7) is 0.644. The zero-order chi connectivity index (χ0) is 14.4. The van der Waals surface area contributed by atoms with Gasteiger partial charge in [-0.3, -0.25) is 4.99 Å². The zero-order valence-corrected chi connectivity index (χ0v) is 12.0. The van der Waals surface area contributed by atoms with Crippen LogP contribution in [-0.2, 0) is 6.54 Å². The Bertz CT molecular complexity index is 579. The first-order chi connectivity index (χ1) is 9.67. The molecule has 2 aromatic rings. The van der Waals surface area contributed by atoms with Gasteiger partial charge in [0, 0.05) is 23.4 Å². The minimum atomic E-state index is -0.217. The molecule has 0 saturated carbocycles. The first-order valence-corrected chi connectivity index (χ1v) is 6.97. The maximum Gasteiger partial charge on any atom is 0.188 e. The maximum absolute atomic E-state index is 12.8. The number of nitrogens with one attached hydrogen (secondary N) is 1. The lowest BCUT2D eigenvalue weighted by atomic mass is 10.2. The molecule has 20 heavy (non-hydrogen) atoms. The van der Waals surface area contributed by atoms with E-state index in [1.807, 2.05) is 24.3 Å². The van der Waals surface area contributed by atoms with Gasteiger partial charge in [-0.2, -0.15) is 0 Å². The monoisotopic (exact) mass is 289 g/mol. The molecule has 0 saturated heterocycles. The fourth-order valence-electron chi connectivity index (χ4n) is 1.59. The molecule has 0 bridgehead atoms. The van der Waals surface area contributed by atoms with E-state index in [9.17, 15) is 4.39 Å². The van der Waals surface area contributed by atoms with E-state index in [-0.39, 0.29) is 5.82 Å². The van der Waals surface area contributed by atoms with Crippen LogP contribution in [0.1, 0.15) is 5.56 Å². The minimum absolute atomic E-state index is 0.217. The smallest absolute Gasteiger partial charge is 0.188 e. The third-order valence-corrected chi connectivity index (χ3v) is 3.70. The Labute approximate surface area is 122 Å². The predicted octanol–water partition coefficient (Wildman–Crippen LogP) is 3.01. The Morgan fingerprint density at radius 1 is 1.10 bits per heavy atom. The fourth-order valence-corrected chi connectivity index (χ4v) is 2.40. The molecule has 2 rings (SSSR count). The van der Waals surface area contributed by atoms with Crippen molar-refractivity contribution in [3.05, 3.63) is 59.9 Å². The van der Waals surface area contributed by atoms with Crippen LogP contribution in [0.15, 0.2) is 63.3 Å². The van der Waals surface area contributed by atoms with Gasteiger partial charge < -0.3 is 11.1 Å². The highest BCUT2D eigenvalue weighted by atomic mass is 32.2. The van der Waals surface area contributed by atoms with Crippen LogP contribution in [0, 0.1) is 5.82 Å². The molecule has 0 amide bonds. The van der Waals surface area contributed by atoms with E-state index in [4.69, 9.17) is 5.73 Å². The average molecular weight is 289 g/mol. The van der Waals surface area contributed by atoms with Gasteiger partial charge in [-0.05, 0) is 42.0 Å². The summed E-state index contributed by atoms with van der Waals surface area (Å²) < 4.78 is 12.8. The van der Waals surface area contributed by atoms with Crippen molar-refractivity contribution >= 4 is 17.7 Å². The molecule has 0 aromatic heterocycles. The van der Waals surface area contributed by atoms with Crippen molar-refractivity contribution in [3.63, 3.8) is 0 Å². The van der Waals surface area contributed by atoms with E-state index in [0.29, 0.717) is 12.5 Å². The standard InChI is InChI=1S/C15H16FN3S/c1-18-15(17)19-10-11-2-6-13(7-3-11)20-14-8-4-12(16)5-9-14/h2-9H,10H2,1H3,(H3,17,18,19). The summed E-state index contributed by atoms with van der Waals surface area (Å²) in [5, 5.41) is 3.00. The van der Waals surface area contributed by atoms with Crippen molar-refractivity contribution in [2.24, 2.45) is 10.7 Å². The van der Waals surface area contributed by atoms with Crippen molar-refractivity contribution in [2.45, 2.75) is 16.3 Å².